The van der Waals surface area contributed by atoms with Crippen molar-refractivity contribution >= 4 is 29.5 Å². The van der Waals surface area contributed by atoms with E-state index in [9.17, 15) is 4.79 Å². The number of hydrazine groups is 1. The third-order valence-electron chi connectivity index (χ3n) is 3.90. The van der Waals surface area contributed by atoms with E-state index in [1.54, 1.807) is 49.1 Å². The minimum atomic E-state index is -0.119. The second-order valence-electron chi connectivity index (χ2n) is 5.90. The molecule has 0 unspecified atom stereocenters. The van der Waals surface area contributed by atoms with E-state index in [1.165, 1.54) is 5.06 Å². The Hall–Kier alpha value is -3.45. The second-order valence-corrected chi connectivity index (χ2v) is 6.34. The van der Waals surface area contributed by atoms with Crippen molar-refractivity contribution in [1.29, 1.82) is 0 Å². The lowest BCUT2D eigenvalue weighted by Crippen LogP contribution is -2.29. The highest BCUT2D eigenvalue weighted by Crippen LogP contribution is 2.23. The Bertz CT molecular complexity index is 953. The number of nitrogens with zero attached hydrogens (tertiary/aromatic N) is 2. The molecule has 136 valence electrons. The molecule has 8 heteroatoms. The molecule has 27 heavy (non-hydrogen) atoms. The van der Waals surface area contributed by atoms with Gasteiger partial charge in [-0.3, -0.25) is 10.2 Å². The smallest absolute Gasteiger partial charge is 0.228 e. The summed E-state index contributed by atoms with van der Waals surface area (Å²) in [6.45, 7) is 0. The monoisotopic (exact) mass is 381 g/mol. The van der Waals surface area contributed by atoms with E-state index in [4.69, 9.17) is 16.4 Å². The van der Waals surface area contributed by atoms with Gasteiger partial charge in [0.05, 0.1) is 12.6 Å². The molecule has 3 N–H and O–H groups in total. The minimum absolute atomic E-state index is 0.119. The molecule has 2 aliphatic heterocycles. The van der Waals surface area contributed by atoms with Crippen LogP contribution in [0.1, 0.15) is 5.56 Å². The molecule has 4 rings (SSSR count). The lowest BCUT2D eigenvalue weighted by Gasteiger charge is -2.22. The number of fused-ring (bicyclic) bond motifs is 1. The van der Waals surface area contributed by atoms with Crippen molar-refractivity contribution in [2.45, 2.75) is 6.42 Å². The van der Waals surface area contributed by atoms with Gasteiger partial charge in [0.15, 0.2) is 5.75 Å². The number of carbonyl (C=O) groups excluding carboxylic acids is 1. The molecule has 1 amide bonds. The van der Waals surface area contributed by atoms with Crippen LogP contribution in [0.3, 0.4) is 0 Å². The fraction of sp³-hybridized carbons (Fsp3) is 0.0526. The number of hydrogen-bond donors (Lipinski definition) is 3. The van der Waals surface area contributed by atoms with Gasteiger partial charge in [-0.05, 0) is 29.8 Å². The molecule has 0 atom stereocenters. The van der Waals surface area contributed by atoms with Crippen LogP contribution < -0.4 is 21.0 Å². The largest absolute Gasteiger partial charge is 0.374 e. The van der Waals surface area contributed by atoms with Crippen LogP contribution in [-0.2, 0) is 11.2 Å². The number of amides is 1. The Morgan fingerprint density at radius 2 is 2.07 bits per heavy atom. The SMILES string of the molecule is O=C(Cc1ccc(Cl)cc1)Nc1cccc(ON2C=NC=C3NNC=C32)c1. The van der Waals surface area contributed by atoms with Crippen LogP contribution in [0.25, 0.3) is 0 Å². The summed E-state index contributed by atoms with van der Waals surface area (Å²) in [6, 6.07) is 14.4. The average Bonchev–Trinajstić information content (AvgIpc) is 3.14. The van der Waals surface area contributed by atoms with Crippen molar-refractivity contribution in [3.05, 3.63) is 82.9 Å². The third kappa shape index (κ3) is 4.04. The number of benzene rings is 2. The van der Waals surface area contributed by atoms with Crippen molar-refractivity contribution in [2.24, 2.45) is 4.99 Å². The van der Waals surface area contributed by atoms with Gasteiger partial charge in [0, 0.05) is 23.0 Å². The van der Waals surface area contributed by atoms with Gasteiger partial charge in [0.25, 0.3) is 0 Å². The molecule has 0 saturated heterocycles. The van der Waals surface area contributed by atoms with Crippen molar-refractivity contribution in [2.75, 3.05) is 5.32 Å². The third-order valence-corrected chi connectivity index (χ3v) is 4.16. The summed E-state index contributed by atoms with van der Waals surface area (Å²) in [5, 5.41) is 5.06. The lowest BCUT2D eigenvalue weighted by molar-refractivity contribution is -0.115. The van der Waals surface area contributed by atoms with Gasteiger partial charge in [-0.15, -0.1) is 0 Å². The van der Waals surface area contributed by atoms with Crippen LogP contribution >= 0.6 is 11.6 Å². The molecule has 0 radical (unpaired) electrons. The van der Waals surface area contributed by atoms with Gasteiger partial charge in [0.1, 0.15) is 17.7 Å². The molecule has 2 heterocycles. The summed E-state index contributed by atoms with van der Waals surface area (Å²) in [6.07, 6.45) is 5.29. The molecule has 0 aliphatic carbocycles. The van der Waals surface area contributed by atoms with Crippen LogP contribution in [0.5, 0.6) is 5.75 Å². The summed E-state index contributed by atoms with van der Waals surface area (Å²) in [5.41, 5.74) is 9.01. The van der Waals surface area contributed by atoms with E-state index in [2.05, 4.69) is 21.2 Å². The molecule has 0 spiro atoms. The molecule has 0 bridgehead atoms. The normalized spacial score (nSPS) is 14.5. The zero-order valence-corrected chi connectivity index (χ0v) is 14.9. The van der Waals surface area contributed by atoms with Crippen LogP contribution in [0.2, 0.25) is 5.02 Å². The molecule has 0 fully saturated rings. The van der Waals surface area contributed by atoms with E-state index < -0.39 is 0 Å². The van der Waals surface area contributed by atoms with Crippen molar-refractivity contribution < 1.29 is 9.63 Å². The van der Waals surface area contributed by atoms with Gasteiger partial charge >= 0.3 is 0 Å². The van der Waals surface area contributed by atoms with Crippen molar-refractivity contribution in [1.82, 2.24) is 15.9 Å². The standard InChI is InChI=1S/C19H16ClN5O2/c20-14-6-4-13(5-7-14)8-19(26)23-15-2-1-3-16(9-15)27-25-12-21-10-17-18(25)11-22-24-17/h1-7,9-12,22,24H,8H2,(H,23,26). The van der Waals surface area contributed by atoms with E-state index >= 15 is 0 Å². The summed E-state index contributed by atoms with van der Waals surface area (Å²) in [4.78, 5) is 22.2. The number of nitrogens with one attached hydrogen (secondary N) is 3. The first-order chi connectivity index (χ1) is 13.2. The van der Waals surface area contributed by atoms with Gasteiger partial charge in [-0.25, -0.2) is 4.99 Å². The highest BCUT2D eigenvalue weighted by Gasteiger charge is 2.21. The first-order valence-electron chi connectivity index (χ1n) is 8.24. The number of hydrogen-bond acceptors (Lipinski definition) is 6. The number of carbonyl (C=O) groups is 1. The Balaban J connectivity index is 1.40. The highest BCUT2D eigenvalue weighted by molar-refractivity contribution is 6.30. The summed E-state index contributed by atoms with van der Waals surface area (Å²) < 4.78 is 0. The lowest BCUT2D eigenvalue weighted by atomic mass is 10.1. The Kier molecular flexibility index (Phi) is 4.67. The van der Waals surface area contributed by atoms with E-state index in [0.29, 0.717) is 16.5 Å². The van der Waals surface area contributed by atoms with Crippen LogP contribution in [0.15, 0.2) is 77.3 Å². The summed E-state index contributed by atoms with van der Waals surface area (Å²) in [7, 11) is 0. The van der Waals surface area contributed by atoms with Gasteiger partial charge in [-0.2, -0.15) is 5.06 Å². The molecular weight excluding hydrogens is 366 g/mol. The highest BCUT2D eigenvalue weighted by atomic mass is 35.5. The Morgan fingerprint density at radius 3 is 2.93 bits per heavy atom. The molecular formula is C19H16ClN5O2. The van der Waals surface area contributed by atoms with Gasteiger partial charge in [-0.1, -0.05) is 29.8 Å². The molecule has 7 nitrogen and oxygen atoms in total. The molecule has 2 aliphatic rings. The number of anilines is 1. The fourth-order valence-corrected chi connectivity index (χ4v) is 2.77. The van der Waals surface area contributed by atoms with Crippen LogP contribution in [0.4, 0.5) is 5.69 Å². The topological polar surface area (TPSA) is 78.0 Å². The quantitative estimate of drug-likeness (QED) is 0.742. The fourth-order valence-electron chi connectivity index (χ4n) is 2.65. The van der Waals surface area contributed by atoms with E-state index in [0.717, 1.165) is 17.0 Å². The first kappa shape index (κ1) is 17.0. The number of hydroxylamine groups is 2. The Labute approximate surface area is 160 Å². The van der Waals surface area contributed by atoms with E-state index in [1.807, 2.05) is 18.2 Å². The van der Waals surface area contributed by atoms with Crippen molar-refractivity contribution in [3.63, 3.8) is 0 Å². The van der Waals surface area contributed by atoms with Crippen LogP contribution in [0, 0.1) is 0 Å². The van der Waals surface area contributed by atoms with Gasteiger partial charge in [0.2, 0.25) is 5.91 Å². The summed E-state index contributed by atoms with van der Waals surface area (Å²) >= 11 is 5.87. The molecule has 2 aromatic rings. The molecule has 0 saturated carbocycles. The predicted molar refractivity (Wildman–Crippen MR) is 104 cm³/mol. The zero-order chi connectivity index (χ0) is 18.6. The zero-order valence-electron chi connectivity index (χ0n) is 14.1. The Morgan fingerprint density at radius 1 is 1.22 bits per heavy atom. The van der Waals surface area contributed by atoms with Crippen molar-refractivity contribution in [3.8, 4) is 5.75 Å². The average molecular weight is 382 g/mol. The number of rotatable bonds is 5. The molecule has 2 aromatic carbocycles. The molecule has 0 aromatic heterocycles. The predicted octanol–water partition coefficient (Wildman–Crippen LogP) is 2.95. The maximum absolute atomic E-state index is 12.3. The van der Waals surface area contributed by atoms with Crippen LogP contribution in [-0.4, -0.2) is 17.3 Å². The maximum Gasteiger partial charge on any atom is 0.228 e. The first-order valence-corrected chi connectivity index (χ1v) is 8.62. The maximum atomic E-state index is 12.3. The number of halogens is 1. The summed E-state index contributed by atoms with van der Waals surface area (Å²) in [5.74, 6) is 0.450. The van der Waals surface area contributed by atoms with E-state index in [-0.39, 0.29) is 12.3 Å². The number of aliphatic imine (C=N–C) groups is 1. The van der Waals surface area contributed by atoms with Gasteiger partial charge < -0.3 is 15.6 Å². The minimum Gasteiger partial charge on any atom is -0.374 e. The second kappa shape index (κ2) is 7.43.